The van der Waals surface area contributed by atoms with Crippen LogP contribution in [0.2, 0.25) is 0 Å². The molecule has 0 bridgehead atoms. The molecule has 6 rings (SSSR count). The Morgan fingerprint density at radius 1 is 0.815 bits per heavy atom. The molecule has 0 radical (unpaired) electrons. The zero-order valence-corrected chi connectivity index (χ0v) is 33.3. The summed E-state index contributed by atoms with van der Waals surface area (Å²) in [6, 6.07) is 34.0. The van der Waals surface area contributed by atoms with E-state index >= 15 is 0 Å². The number of hydrazine groups is 1. The molecule has 1 aliphatic rings. The van der Waals surface area contributed by atoms with Crippen LogP contribution in [-0.2, 0) is 0 Å². The van der Waals surface area contributed by atoms with Crippen LogP contribution in [-0.4, -0.2) is 6.17 Å². The predicted molar refractivity (Wildman–Crippen MR) is 240 cm³/mol. The fourth-order valence-electron chi connectivity index (χ4n) is 5.75. The van der Waals surface area contributed by atoms with Gasteiger partial charge in [0.25, 0.3) is 0 Å². The van der Waals surface area contributed by atoms with Gasteiger partial charge in [-0.2, -0.15) is 0 Å². The van der Waals surface area contributed by atoms with Gasteiger partial charge in [-0.25, -0.2) is 10.9 Å². The molecule has 1 heterocycles. The number of hydrogen-bond acceptors (Lipinski definition) is 5. The first kappa shape index (κ1) is 41.5. The lowest BCUT2D eigenvalue weighted by atomic mass is 9.98. The number of nitrogens with two attached hydrogens (primary N) is 1. The van der Waals surface area contributed by atoms with Crippen LogP contribution in [0.3, 0.4) is 0 Å². The molecular weight excluding hydrogens is 677 g/mol. The second-order valence-electron chi connectivity index (χ2n) is 12.8. The topological polar surface area (TPSA) is 62.1 Å². The Labute approximate surface area is 327 Å². The van der Waals surface area contributed by atoms with Crippen LogP contribution in [0.5, 0.6) is 0 Å². The quantitative estimate of drug-likeness (QED) is 0.0553. The lowest BCUT2D eigenvalue weighted by Gasteiger charge is -2.22. The maximum absolute atomic E-state index is 6.10. The third kappa shape index (κ3) is 12.1. The molecule has 1 aromatic heterocycles. The first-order chi connectivity index (χ1) is 26.3. The SMILES string of the molecule is C=C(/C=C\C=C/C)C(=C)/C=C(\C=C/Nc1ccc(C)cc1)c1cccc2c1sc1ccccc12.CC.CC(NNC(N)C1=CC=CCC1)c1ccccc1. The van der Waals surface area contributed by atoms with Gasteiger partial charge in [-0.3, -0.25) is 0 Å². The summed E-state index contributed by atoms with van der Waals surface area (Å²) in [5.74, 6) is 0. The first-order valence-electron chi connectivity index (χ1n) is 18.8. The van der Waals surface area contributed by atoms with Gasteiger partial charge in [0.2, 0.25) is 0 Å². The van der Waals surface area contributed by atoms with Crippen LogP contribution in [0.25, 0.3) is 25.7 Å². The van der Waals surface area contributed by atoms with Crippen molar-refractivity contribution in [2.45, 2.75) is 59.7 Å². The molecule has 2 atom stereocenters. The number of allylic oxidation sites excluding steroid dienone is 12. The number of aryl methyl sites for hydroxylation is 1. The maximum Gasteiger partial charge on any atom is 0.0901 e. The summed E-state index contributed by atoms with van der Waals surface area (Å²) >= 11 is 1.83. The van der Waals surface area contributed by atoms with Crippen molar-refractivity contribution in [3.63, 3.8) is 0 Å². The standard InChI is InChI=1S/C32H29NS.C15H21N3.C2H6/c1-5-6-7-11-24(3)25(4)22-26(20-21-33-27-18-16-23(2)17-19-27)28-13-10-14-30-29-12-8-9-15-31(29)34-32(28)30;1-12(13-8-4-2-5-9-13)17-18-15(16)14-10-6-3-7-11-14;1-2/h5-22,33H,3-4H2,1-2H3;2-6,8-10,12,15,17-18H,7,11,16H2,1H3;1-2H3/b6-5-,11-7-,21-20-,26-22+;;. The predicted octanol–water partition coefficient (Wildman–Crippen LogP) is 13.0. The van der Waals surface area contributed by atoms with Crippen molar-refractivity contribution >= 4 is 42.8 Å². The van der Waals surface area contributed by atoms with Gasteiger partial charge in [0.1, 0.15) is 0 Å². The smallest absolute Gasteiger partial charge is 0.0901 e. The van der Waals surface area contributed by atoms with E-state index in [1.807, 2.05) is 80.8 Å². The van der Waals surface area contributed by atoms with Crippen LogP contribution in [0, 0.1) is 6.92 Å². The zero-order chi connectivity index (χ0) is 38.7. The van der Waals surface area contributed by atoms with E-state index < -0.39 is 0 Å². The lowest BCUT2D eigenvalue weighted by Crippen LogP contribution is -2.48. The van der Waals surface area contributed by atoms with E-state index in [4.69, 9.17) is 5.73 Å². The molecule has 5 N–H and O–H groups in total. The second-order valence-corrected chi connectivity index (χ2v) is 13.8. The van der Waals surface area contributed by atoms with E-state index in [9.17, 15) is 0 Å². The van der Waals surface area contributed by atoms with Crippen molar-refractivity contribution in [2.75, 3.05) is 5.32 Å². The summed E-state index contributed by atoms with van der Waals surface area (Å²) in [6.07, 6.45) is 22.5. The van der Waals surface area contributed by atoms with E-state index in [-0.39, 0.29) is 12.2 Å². The van der Waals surface area contributed by atoms with Gasteiger partial charge in [-0.05, 0) is 97.4 Å². The Bertz CT molecular complexity index is 2140. The summed E-state index contributed by atoms with van der Waals surface area (Å²) in [6.45, 7) is 18.7. The zero-order valence-electron chi connectivity index (χ0n) is 32.5. The molecule has 278 valence electrons. The minimum absolute atomic E-state index is 0.124. The van der Waals surface area contributed by atoms with Crippen LogP contribution in [0.1, 0.15) is 63.3 Å². The molecule has 1 aliphatic carbocycles. The monoisotopic (exact) mass is 732 g/mol. The average Bonchev–Trinajstić information content (AvgIpc) is 3.61. The van der Waals surface area contributed by atoms with E-state index in [0.29, 0.717) is 0 Å². The number of nitrogens with one attached hydrogen (secondary N) is 3. The lowest BCUT2D eigenvalue weighted by molar-refractivity contribution is 0.415. The minimum Gasteiger partial charge on any atom is -0.362 e. The third-order valence-electron chi connectivity index (χ3n) is 8.82. The molecule has 4 nitrogen and oxygen atoms in total. The maximum atomic E-state index is 6.10. The van der Waals surface area contributed by atoms with Crippen molar-refractivity contribution in [1.82, 2.24) is 10.9 Å². The highest BCUT2D eigenvalue weighted by Crippen LogP contribution is 2.38. The van der Waals surface area contributed by atoms with Crippen molar-refractivity contribution in [3.05, 3.63) is 205 Å². The Balaban J connectivity index is 0.000000273. The molecule has 2 unspecified atom stereocenters. The number of hydrogen-bond donors (Lipinski definition) is 4. The Morgan fingerprint density at radius 3 is 2.26 bits per heavy atom. The van der Waals surface area contributed by atoms with Crippen LogP contribution < -0.4 is 21.9 Å². The van der Waals surface area contributed by atoms with Gasteiger partial charge in [-0.15, -0.1) is 11.3 Å². The van der Waals surface area contributed by atoms with E-state index in [0.717, 1.165) is 35.2 Å². The molecule has 0 saturated carbocycles. The number of rotatable bonds is 13. The fourth-order valence-corrected chi connectivity index (χ4v) is 6.99. The summed E-state index contributed by atoms with van der Waals surface area (Å²) in [4.78, 5) is 0. The second kappa shape index (κ2) is 22.0. The summed E-state index contributed by atoms with van der Waals surface area (Å²) in [5, 5.41) is 5.97. The Morgan fingerprint density at radius 2 is 1.54 bits per heavy atom. The van der Waals surface area contributed by atoms with Gasteiger partial charge in [0.15, 0.2) is 0 Å². The largest absolute Gasteiger partial charge is 0.362 e. The van der Waals surface area contributed by atoms with Gasteiger partial charge in [0.05, 0.1) is 6.17 Å². The normalized spacial score (nSPS) is 14.0. The molecule has 5 aromatic rings. The van der Waals surface area contributed by atoms with Gasteiger partial charge < -0.3 is 11.1 Å². The van der Waals surface area contributed by atoms with Crippen molar-refractivity contribution in [2.24, 2.45) is 5.73 Å². The number of anilines is 1. The fraction of sp³-hybridized carbons (Fsp3) is 0.184. The Hall–Kier alpha value is -5.30. The van der Waals surface area contributed by atoms with Gasteiger partial charge in [-0.1, -0.05) is 154 Å². The number of benzene rings is 4. The molecule has 0 amide bonds. The molecular formula is C49H56N4S. The molecule has 4 aromatic carbocycles. The highest BCUT2D eigenvalue weighted by atomic mass is 32.1. The van der Waals surface area contributed by atoms with Gasteiger partial charge >= 0.3 is 0 Å². The molecule has 0 spiro atoms. The van der Waals surface area contributed by atoms with E-state index in [1.165, 1.54) is 42.4 Å². The third-order valence-corrected chi connectivity index (χ3v) is 10.0. The van der Waals surface area contributed by atoms with Crippen molar-refractivity contribution in [1.29, 1.82) is 0 Å². The highest BCUT2D eigenvalue weighted by Gasteiger charge is 2.12. The van der Waals surface area contributed by atoms with Crippen molar-refractivity contribution < 1.29 is 0 Å². The minimum atomic E-state index is -0.124. The van der Waals surface area contributed by atoms with Crippen LogP contribution in [0.4, 0.5) is 5.69 Å². The molecule has 54 heavy (non-hydrogen) atoms. The highest BCUT2D eigenvalue weighted by molar-refractivity contribution is 7.26. The number of thiophene rings is 1. The van der Waals surface area contributed by atoms with E-state index in [1.54, 1.807) is 0 Å². The summed E-state index contributed by atoms with van der Waals surface area (Å²) in [5.41, 5.74) is 21.4. The average molecular weight is 733 g/mol. The number of fused-ring (bicyclic) bond motifs is 3. The van der Waals surface area contributed by atoms with Crippen LogP contribution >= 0.6 is 11.3 Å². The summed E-state index contributed by atoms with van der Waals surface area (Å²) < 4.78 is 2.57. The van der Waals surface area contributed by atoms with Crippen molar-refractivity contribution in [3.8, 4) is 0 Å². The van der Waals surface area contributed by atoms with Crippen LogP contribution in [0.15, 0.2) is 188 Å². The van der Waals surface area contributed by atoms with Gasteiger partial charge in [0, 0.05) is 38.1 Å². The van der Waals surface area contributed by atoms with E-state index in [2.05, 4.69) is 152 Å². The first-order valence-corrected chi connectivity index (χ1v) is 19.6. The summed E-state index contributed by atoms with van der Waals surface area (Å²) in [7, 11) is 0. The molecule has 0 saturated heterocycles. The molecule has 0 fully saturated rings. The molecule has 5 heteroatoms. The molecule has 0 aliphatic heterocycles. The Kier molecular flexibility index (Phi) is 16.9.